The van der Waals surface area contributed by atoms with Gasteiger partial charge in [-0.05, 0) is 52.8 Å². The smallest absolute Gasteiger partial charge is 0.407 e. The number of anilines is 1. The standard InChI is InChI=1S/C26H25ClN2O2/c1-17-24(28)14-13-18(25(17)27)8-6-7-15-29-26(30)31-16-23-21-11-4-2-9-19(21)20-10-3-5-12-22(20)23/h2-6,8-14,23H,7,15-16,28H2,1H3,(H,29,30). The fourth-order valence-electron chi connectivity index (χ4n) is 3.97. The third kappa shape index (κ3) is 4.44. The monoisotopic (exact) mass is 432 g/mol. The Labute approximate surface area is 187 Å². The lowest BCUT2D eigenvalue weighted by Gasteiger charge is -2.14. The van der Waals surface area contributed by atoms with Crippen LogP contribution in [-0.4, -0.2) is 19.2 Å². The molecule has 3 N–H and O–H groups in total. The molecule has 0 spiro atoms. The molecule has 4 rings (SSSR count). The summed E-state index contributed by atoms with van der Waals surface area (Å²) in [6, 6.07) is 20.3. The molecular weight excluding hydrogens is 408 g/mol. The number of nitrogens with one attached hydrogen (secondary N) is 1. The molecule has 1 amide bonds. The number of ether oxygens (including phenoxy) is 1. The zero-order valence-corrected chi connectivity index (χ0v) is 18.2. The van der Waals surface area contributed by atoms with E-state index in [0.29, 0.717) is 30.3 Å². The van der Waals surface area contributed by atoms with E-state index < -0.39 is 6.09 Å². The molecule has 0 heterocycles. The zero-order chi connectivity index (χ0) is 21.8. The van der Waals surface area contributed by atoms with E-state index in [1.807, 2.05) is 55.5 Å². The Balaban J connectivity index is 1.28. The fraction of sp³-hybridized carbons (Fsp3) is 0.192. The number of nitrogen functional groups attached to an aromatic ring is 1. The van der Waals surface area contributed by atoms with Gasteiger partial charge in [-0.1, -0.05) is 78.4 Å². The number of hydrogen-bond donors (Lipinski definition) is 2. The summed E-state index contributed by atoms with van der Waals surface area (Å²) in [5.41, 5.74) is 13.2. The average Bonchev–Trinajstić information content (AvgIpc) is 3.11. The highest BCUT2D eigenvalue weighted by Gasteiger charge is 2.28. The molecule has 4 nitrogen and oxygen atoms in total. The lowest BCUT2D eigenvalue weighted by atomic mass is 9.98. The van der Waals surface area contributed by atoms with Gasteiger partial charge in [0.25, 0.3) is 0 Å². The van der Waals surface area contributed by atoms with E-state index in [-0.39, 0.29) is 5.92 Å². The molecule has 1 aliphatic rings. The number of halogens is 1. The number of nitrogens with two attached hydrogens (primary N) is 1. The van der Waals surface area contributed by atoms with Crippen molar-refractivity contribution in [2.24, 2.45) is 0 Å². The van der Waals surface area contributed by atoms with E-state index in [1.165, 1.54) is 22.3 Å². The van der Waals surface area contributed by atoms with Gasteiger partial charge in [0.15, 0.2) is 0 Å². The van der Waals surface area contributed by atoms with Gasteiger partial charge in [0.1, 0.15) is 6.61 Å². The van der Waals surface area contributed by atoms with Crippen LogP contribution in [0.15, 0.2) is 66.7 Å². The number of rotatable bonds is 6. The van der Waals surface area contributed by atoms with Crippen LogP contribution in [0.2, 0.25) is 5.02 Å². The van der Waals surface area contributed by atoms with Crippen molar-refractivity contribution in [3.05, 3.63) is 94.0 Å². The minimum Gasteiger partial charge on any atom is -0.449 e. The Morgan fingerprint density at radius 2 is 1.71 bits per heavy atom. The van der Waals surface area contributed by atoms with Crippen LogP contribution in [0.5, 0.6) is 0 Å². The highest BCUT2D eigenvalue weighted by molar-refractivity contribution is 6.33. The topological polar surface area (TPSA) is 64.3 Å². The van der Waals surface area contributed by atoms with Crippen molar-refractivity contribution < 1.29 is 9.53 Å². The van der Waals surface area contributed by atoms with Crippen LogP contribution in [0.3, 0.4) is 0 Å². The van der Waals surface area contributed by atoms with Gasteiger partial charge >= 0.3 is 6.09 Å². The van der Waals surface area contributed by atoms with Crippen LogP contribution in [0.1, 0.15) is 34.6 Å². The molecule has 31 heavy (non-hydrogen) atoms. The number of fused-ring (bicyclic) bond motifs is 3. The number of hydrogen-bond acceptors (Lipinski definition) is 3. The van der Waals surface area contributed by atoms with E-state index in [4.69, 9.17) is 22.1 Å². The second kappa shape index (κ2) is 9.27. The van der Waals surface area contributed by atoms with E-state index in [0.717, 1.165) is 11.1 Å². The van der Waals surface area contributed by atoms with Crippen LogP contribution in [-0.2, 0) is 4.74 Å². The highest BCUT2D eigenvalue weighted by atomic mass is 35.5. The van der Waals surface area contributed by atoms with Crippen LogP contribution in [0.4, 0.5) is 10.5 Å². The zero-order valence-electron chi connectivity index (χ0n) is 17.4. The lowest BCUT2D eigenvalue weighted by Crippen LogP contribution is -2.26. The molecule has 5 heteroatoms. The number of alkyl carbamates (subject to hydrolysis) is 1. The second-order valence-electron chi connectivity index (χ2n) is 7.63. The van der Waals surface area contributed by atoms with E-state index in [2.05, 4.69) is 29.6 Å². The van der Waals surface area contributed by atoms with Gasteiger partial charge in [-0.25, -0.2) is 4.79 Å². The normalized spacial score (nSPS) is 12.6. The van der Waals surface area contributed by atoms with Crippen LogP contribution >= 0.6 is 11.6 Å². The second-order valence-corrected chi connectivity index (χ2v) is 8.00. The Morgan fingerprint density at radius 1 is 1.06 bits per heavy atom. The summed E-state index contributed by atoms with van der Waals surface area (Å²) in [6.07, 6.45) is 4.18. The Kier molecular flexibility index (Phi) is 6.28. The maximum absolute atomic E-state index is 12.2. The molecule has 0 atom stereocenters. The maximum Gasteiger partial charge on any atom is 0.407 e. The summed E-state index contributed by atoms with van der Waals surface area (Å²) in [5.74, 6) is 0.0638. The Hall–Kier alpha value is -3.24. The molecule has 0 bridgehead atoms. The van der Waals surface area contributed by atoms with Gasteiger partial charge in [-0.2, -0.15) is 0 Å². The van der Waals surface area contributed by atoms with Gasteiger partial charge < -0.3 is 15.8 Å². The van der Waals surface area contributed by atoms with Crippen LogP contribution < -0.4 is 11.1 Å². The van der Waals surface area contributed by atoms with E-state index >= 15 is 0 Å². The summed E-state index contributed by atoms with van der Waals surface area (Å²) in [5, 5.41) is 3.46. The van der Waals surface area contributed by atoms with Crippen molar-refractivity contribution in [2.45, 2.75) is 19.3 Å². The summed E-state index contributed by atoms with van der Waals surface area (Å²) in [4.78, 5) is 12.2. The highest BCUT2D eigenvalue weighted by Crippen LogP contribution is 2.44. The molecule has 3 aromatic rings. The quantitative estimate of drug-likeness (QED) is 0.361. The summed E-state index contributed by atoms with van der Waals surface area (Å²) >= 11 is 6.32. The van der Waals surface area contributed by atoms with Crippen LogP contribution in [0, 0.1) is 6.92 Å². The first kappa shape index (κ1) is 21.0. The van der Waals surface area contributed by atoms with Gasteiger partial charge in [-0.15, -0.1) is 0 Å². The molecule has 0 radical (unpaired) electrons. The first-order valence-corrected chi connectivity index (χ1v) is 10.7. The van der Waals surface area contributed by atoms with E-state index in [9.17, 15) is 4.79 Å². The van der Waals surface area contributed by atoms with E-state index in [1.54, 1.807) is 0 Å². The minimum atomic E-state index is -0.406. The Morgan fingerprint density at radius 3 is 2.39 bits per heavy atom. The molecule has 0 saturated heterocycles. The first-order chi connectivity index (χ1) is 15.1. The number of benzene rings is 3. The van der Waals surface area contributed by atoms with Crippen molar-refractivity contribution in [3.63, 3.8) is 0 Å². The number of carbonyl (C=O) groups is 1. The van der Waals surface area contributed by atoms with Crippen molar-refractivity contribution >= 4 is 29.5 Å². The van der Waals surface area contributed by atoms with Gasteiger partial charge in [0, 0.05) is 18.2 Å². The van der Waals surface area contributed by atoms with Crippen molar-refractivity contribution in [1.82, 2.24) is 5.32 Å². The average molecular weight is 433 g/mol. The van der Waals surface area contributed by atoms with Crippen molar-refractivity contribution in [1.29, 1.82) is 0 Å². The predicted octanol–water partition coefficient (Wildman–Crippen LogP) is 6.17. The number of carbonyl (C=O) groups excluding carboxylic acids is 1. The molecule has 158 valence electrons. The molecule has 3 aromatic carbocycles. The summed E-state index contributed by atoms with van der Waals surface area (Å²) in [6.45, 7) is 2.70. The third-order valence-electron chi connectivity index (χ3n) is 5.68. The first-order valence-electron chi connectivity index (χ1n) is 10.4. The molecule has 0 aliphatic heterocycles. The minimum absolute atomic E-state index is 0.0638. The number of amides is 1. The molecule has 1 aliphatic carbocycles. The third-order valence-corrected chi connectivity index (χ3v) is 6.18. The lowest BCUT2D eigenvalue weighted by molar-refractivity contribution is 0.143. The van der Waals surface area contributed by atoms with Crippen molar-refractivity contribution in [2.75, 3.05) is 18.9 Å². The summed E-state index contributed by atoms with van der Waals surface area (Å²) in [7, 11) is 0. The van der Waals surface area contributed by atoms with Gasteiger partial charge in [-0.3, -0.25) is 0 Å². The molecular formula is C26H25ClN2O2. The maximum atomic E-state index is 12.2. The SMILES string of the molecule is Cc1c(N)ccc(C=CCCNC(=O)OCC2c3ccccc3-c3ccccc32)c1Cl. The van der Waals surface area contributed by atoms with Gasteiger partial charge in [0.05, 0.1) is 5.02 Å². The summed E-state index contributed by atoms with van der Waals surface area (Å²) < 4.78 is 5.54. The fourth-order valence-corrected chi connectivity index (χ4v) is 4.20. The molecule has 0 saturated carbocycles. The Bertz CT molecular complexity index is 1090. The van der Waals surface area contributed by atoms with Gasteiger partial charge in [0.2, 0.25) is 0 Å². The van der Waals surface area contributed by atoms with Crippen LogP contribution in [0.25, 0.3) is 17.2 Å². The van der Waals surface area contributed by atoms with Crippen molar-refractivity contribution in [3.8, 4) is 11.1 Å². The molecule has 0 fully saturated rings. The largest absolute Gasteiger partial charge is 0.449 e. The predicted molar refractivity (Wildman–Crippen MR) is 127 cm³/mol. The molecule has 0 aromatic heterocycles. The molecule has 0 unspecified atom stereocenters.